The molecule has 0 aliphatic rings. The minimum atomic E-state index is -0.993. The normalized spacial score (nSPS) is 12.6. The van der Waals surface area contributed by atoms with Crippen molar-refractivity contribution in [3.8, 4) is 0 Å². The summed E-state index contributed by atoms with van der Waals surface area (Å²) in [6.45, 7) is 6.80. The second-order valence-electron chi connectivity index (χ2n) is 6.18. The van der Waals surface area contributed by atoms with Gasteiger partial charge in [0.25, 0.3) is 0 Å². The van der Waals surface area contributed by atoms with Crippen molar-refractivity contribution < 1.29 is 19.5 Å². The summed E-state index contributed by atoms with van der Waals surface area (Å²) in [6, 6.07) is -0.812. The number of carboxylic acid groups (broad SMARTS) is 1. The highest BCUT2D eigenvalue weighted by Gasteiger charge is 2.23. The van der Waals surface area contributed by atoms with Crippen LogP contribution in [0.1, 0.15) is 40.0 Å². The molecule has 122 valence electrons. The number of aliphatic carboxylic acids is 1. The van der Waals surface area contributed by atoms with E-state index in [2.05, 4.69) is 16.0 Å². The zero-order chi connectivity index (χ0) is 16.5. The molecule has 0 heterocycles. The number of carboxylic acids is 1. The van der Waals surface area contributed by atoms with Crippen LogP contribution in [0.15, 0.2) is 0 Å². The Balaban J connectivity index is 4.53. The van der Waals surface area contributed by atoms with Crippen LogP contribution in [-0.4, -0.2) is 49.1 Å². The average Bonchev–Trinajstić information content (AvgIpc) is 2.32. The second kappa shape index (κ2) is 9.33. The van der Waals surface area contributed by atoms with Crippen LogP contribution in [0.3, 0.4) is 0 Å². The number of amides is 2. The zero-order valence-corrected chi connectivity index (χ0v) is 13.3. The van der Waals surface area contributed by atoms with E-state index in [1.807, 2.05) is 20.8 Å². The first-order valence-corrected chi connectivity index (χ1v) is 7.09. The topological polar surface area (TPSA) is 108 Å². The molecule has 0 bridgehead atoms. The quantitative estimate of drug-likeness (QED) is 0.452. The van der Waals surface area contributed by atoms with E-state index in [9.17, 15) is 14.4 Å². The van der Waals surface area contributed by atoms with Gasteiger partial charge in [0, 0.05) is 25.9 Å². The molecule has 0 fully saturated rings. The van der Waals surface area contributed by atoms with Crippen LogP contribution in [0.2, 0.25) is 0 Å². The van der Waals surface area contributed by atoms with Gasteiger partial charge in [-0.3, -0.25) is 14.4 Å². The van der Waals surface area contributed by atoms with Gasteiger partial charge in [-0.2, -0.15) is 0 Å². The molecule has 0 aliphatic heterocycles. The second-order valence-corrected chi connectivity index (χ2v) is 6.18. The van der Waals surface area contributed by atoms with Crippen molar-refractivity contribution in [3.05, 3.63) is 0 Å². The van der Waals surface area contributed by atoms with E-state index in [4.69, 9.17) is 5.11 Å². The monoisotopic (exact) mass is 301 g/mol. The van der Waals surface area contributed by atoms with Crippen molar-refractivity contribution in [2.24, 2.45) is 5.41 Å². The molecule has 0 aromatic heterocycles. The number of carbonyl (C=O) groups is 3. The number of carbonyl (C=O) groups excluding carboxylic acids is 2. The third kappa shape index (κ3) is 10.8. The Morgan fingerprint density at radius 1 is 1.14 bits per heavy atom. The summed E-state index contributed by atoms with van der Waals surface area (Å²) in [6.07, 6.45) is 0.191. The molecule has 0 aliphatic carbocycles. The van der Waals surface area contributed by atoms with Crippen molar-refractivity contribution in [1.29, 1.82) is 0 Å². The maximum Gasteiger partial charge on any atom is 0.303 e. The molecule has 21 heavy (non-hydrogen) atoms. The highest BCUT2D eigenvalue weighted by atomic mass is 16.4. The van der Waals surface area contributed by atoms with E-state index in [1.54, 1.807) is 7.05 Å². The zero-order valence-electron chi connectivity index (χ0n) is 13.3. The molecular formula is C14H27N3O4. The van der Waals surface area contributed by atoms with Crippen molar-refractivity contribution >= 4 is 17.8 Å². The van der Waals surface area contributed by atoms with Gasteiger partial charge in [0.2, 0.25) is 11.8 Å². The van der Waals surface area contributed by atoms with Crippen LogP contribution in [0.25, 0.3) is 0 Å². The molecule has 0 saturated carbocycles. The third-order valence-electron chi connectivity index (χ3n) is 2.66. The smallest absolute Gasteiger partial charge is 0.303 e. The molecule has 0 aromatic carbocycles. The SMILES string of the molecule is CNCCNC(=O)[C@@H](CCC(=O)O)NC(=O)CC(C)(C)C. The van der Waals surface area contributed by atoms with E-state index in [1.165, 1.54) is 0 Å². The first-order valence-electron chi connectivity index (χ1n) is 7.09. The Morgan fingerprint density at radius 2 is 1.76 bits per heavy atom. The number of rotatable bonds is 9. The average molecular weight is 301 g/mol. The van der Waals surface area contributed by atoms with Gasteiger partial charge in [-0.15, -0.1) is 0 Å². The lowest BCUT2D eigenvalue weighted by atomic mass is 9.91. The lowest BCUT2D eigenvalue weighted by Crippen LogP contribution is -2.48. The van der Waals surface area contributed by atoms with Gasteiger partial charge in [0.15, 0.2) is 0 Å². The third-order valence-corrected chi connectivity index (χ3v) is 2.66. The van der Waals surface area contributed by atoms with Gasteiger partial charge in [-0.25, -0.2) is 0 Å². The van der Waals surface area contributed by atoms with E-state index in [0.29, 0.717) is 13.1 Å². The summed E-state index contributed by atoms with van der Waals surface area (Å²) < 4.78 is 0. The van der Waals surface area contributed by atoms with Gasteiger partial charge >= 0.3 is 5.97 Å². The minimum absolute atomic E-state index is 0.0800. The molecule has 0 aromatic rings. The highest BCUT2D eigenvalue weighted by molar-refractivity contribution is 5.88. The Bertz CT molecular complexity index is 364. The van der Waals surface area contributed by atoms with Crippen molar-refractivity contribution in [2.75, 3.05) is 20.1 Å². The van der Waals surface area contributed by atoms with Crippen molar-refractivity contribution in [2.45, 2.75) is 46.1 Å². The number of hydrogen-bond acceptors (Lipinski definition) is 4. The summed E-state index contributed by atoms with van der Waals surface area (Å²) in [4.78, 5) is 34.5. The summed E-state index contributed by atoms with van der Waals surface area (Å²) in [5.41, 5.74) is -0.190. The Hall–Kier alpha value is -1.63. The Labute approximate surface area is 125 Å². The predicted octanol–water partition coefficient (Wildman–Crippen LogP) is 0.108. The van der Waals surface area contributed by atoms with Gasteiger partial charge in [-0.05, 0) is 18.9 Å². The molecule has 7 heteroatoms. The summed E-state index contributed by atoms with van der Waals surface area (Å²) >= 11 is 0. The molecule has 0 radical (unpaired) electrons. The fourth-order valence-electron chi connectivity index (χ4n) is 1.70. The first kappa shape index (κ1) is 19.4. The predicted molar refractivity (Wildman–Crippen MR) is 79.8 cm³/mol. The lowest BCUT2D eigenvalue weighted by Gasteiger charge is -2.21. The number of nitrogens with one attached hydrogen (secondary N) is 3. The molecule has 0 spiro atoms. The lowest BCUT2D eigenvalue weighted by molar-refractivity contribution is -0.138. The maximum absolute atomic E-state index is 12.0. The minimum Gasteiger partial charge on any atom is -0.481 e. The summed E-state index contributed by atoms with van der Waals surface area (Å²) in [7, 11) is 1.76. The van der Waals surface area contributed by atoms with Crippen LogP contribution >= 0.6 is 0 Å². The van der Waals surface area contributed by atoms with Gasteiger partial charge in [0.1, 0.15) is 6.04 Å². The van der Waals surface area contributed by atoms with E-state index >= 15 is 0 Å². The van der Waals surface area contributed by atoms with Crippen molar-refractivity contribution in [3.63, 3.8) is 0 Å². The molecule has 0 saturated heterocycles. The van der Waals surface area contributed by atoms with Crippen molar-refractivity contribution in [1.82, 2.24) is 16.0 Å². The number of likely N-dealkylation sites (N-methyl/N-ethyl adjacent to an activating group) is 1. The molecule has 7 nitrogen and oxygen atoms in total. The Morgan fingerprint density at radius 3 is 2.24 bits per heavy atom. The fraction of sp³-hybridized carbons (Fsp3) is 0.786. The molecule has 2 amide bonds. The van der Waals surface area contributed by atoms with E-state index < -0.39 is 12.0 Å². The summed E-state index contributed by atoms with van der Waals surface area (Å²) in [5, 5.41) is 16.9. The molecule has 1 atom stereocenters. The van der Waals surface area contributed by atoms with Crippen LogP contribution in [0.5, 0.6) is 0 Å². The van der Waals surface area contributed by atoms with E-state index in [0.717, 1.165) is 0 Å². The largest absolute Gasteiger partial charge is 0.481 e. The molecular weight excluding hydrogens is 274 g/mol. The first-order chi connectivity index (χ1) is 9.65. The van der Waals surface area contributed by atoms with Gasteiger partial charge in [0.05, 0.1) is 0 Å². The highest BCUT2D eigenvalue weighted by Crippen LogP contribution is 2.18. The Kier molecular flexibility index (Phi) is 8.61. The van der Waals surface area contributed by atoms with Gasteiger partial charge in [-0.1, -0.05) is 20.8 Å². The maximum atomic E-state index is 12.0. The van der Waals surface area contributed by atoms with Crippen LogP contribution in [0.4, 0.5) is 0 Å². The summed E-state index contributed by atoms with van der Waals surface area (Å²) in [5.74, 6) is -1.59. The van der Waals surface area contributed by atoms with Gasteiger partial charge < -0.3 is 21.1 Å². The van der Waals surface area contributed by atoms with Crippen LogP contribution < -0.4 is 16.0 Å². The van der Waals surface area contributed by atoms with Crippen LogP contribution in [-0.2, 0) is 14.4 Å². The standard InChI is InChI=1S/C14H27N3O4/c1-14(2,3)9-11(18)17-10(5-6-12(19)20)13(21)16-8-7-15-4/h10,15H,5-9H2,1-4H3,(H,16,21)(H,17,18)(H,19,20)/t10-/m1/s1. The fourth-order valence-corrected chi connectivity index (χ4v) is 1.70. The number of hydrogen-bond donors (Lipinski definition) is 4. The molecule has 0 rings (SSSR count). The molecule has 0 unspecified atom stereocenters. The van der Waals surface area contributed by atoms with E-state index in [-0.39, 0.29) is 36.5 Å². The van der Waals surface area contributed by atoms with Crippen LogP contribution in [0, 0.1) is 5.41 Å². The molecule has 4 N–H and O–H groups in total.